The molecular weight excluding hydrogens is 702 g/mol. The summed E-state index contributed by atoms with van der Waals surface area (Å²) in [5.74, 6) is -1.75. The molecule has 2 fully saturated rings. The van der Waals surface area contributed by atoms with Crippen molar-refractivity contribution in [2.75, 3.05) is 0 Å². The Labute approximate surface area is 308 Å². The first-order valence-electron chi connectivity index (χ1n) is 17.3. The number of ether oxygens (including phenoxy) is 2. The zero-order valence-electron chi connectivity index (χ0n) is 28.8. The van der Waals surface area contributed by atoms with E-state index in [4.69, 9.17) is 9.47 Å². The lowest BCUT2D eigenvalue weighted by Crippen LogP contribution is -2.52. The van der Waals surface area contributed by atoms with Crippen molar-refractivity contribution in [2.45, 2.75) is 64.1 Å². The van der Waals surface area contributed by atoms with E-state index in [2.05, 4.69) is 10.6 Å². The maximum Gasteiger partial charge on any atom is 0.255 e. The van der Waals surface area contributed by atoms with Crippen LogP contribution in [0.4, 0.5) is 8.78 Å². The average molecular weight is 737 g/mol. The summed E-state index contributed by atoms with van der Waals surface area (Å²) < 4.78 is 38.7. The number of benzene rings is 4. The third-order valence-corrected chi connectivity index (χ3v) is 9.70. The molecule has 0 saturated carbocycles. The fraction of sp³-hybridized carbons (Fsp3) is 0.250. The minimum atomic E-state index is -0.679. The van der Waals surface area contributed by atoms with Crippen LogP contribution in [0.2, 0.25) is 0 Å². The molecule has 0 aliphatic carbocycles. The number of hydrogen-bond donors (Lipinski definition) is 2. The van der Waals surface area contributed by atoms with Crippen LogP contribution in [0.1, 0.15) is 68.7 Å². The number of imide groups is 2. The number of carbonyl (C=O) groups excluding carboxylic acids is 6. The number of fused-ring (bicyclic) bond motifs is 2. The molecule has 0 aromatic heterocycles. The molecule has 6 amide bonds. The van der Waals surface area contributed by atoms with Crippen LogP contribution in [0, 0.1) is 11.6 Å². The van der Waals surface area contributed by atoms with Crippen LogP contribution >= 0.6 is 0 Å². The molecule has 8 rings (SSSR count). The van der Waals surface area contributed by atoms with Gasteiger partial charge in [0.1, 0.15) is 48.4 Å². The van der Waals surface area contributed by atoms with Gasteiger partial charge in [-0.25, -0.2) is 8.78 Å². The van der Waals surface area contributed by atoms with E-state index in [9.17, 15) is 37.5 Å². The summed E-state index contributed by atoms with van der Waals surface area (Å²) in [5.41, 5.74) is 3.41. The van der Waals surface area contributed by atoms with Crippen LogP contribution in [0.15, 0.2) is 84.9 Å². The number of carbonyl (C=O) groups is 6. The van der Waals surface area contributed by atoms with E-state index in [1.807, 2.05) is 0 Å². The van der Waals surface area contributed by atoms with E-state index in [1.54, 1.807) is 66.7 Å². The summed E-state index contributed by atoms with van der Waals surface area (Å²) in [7, 11) is 0. The molecule has 2 unspecified atom stereocenters. The van der Waals surface area contributed by atoms with Crippen LogP contribution in [0.5, 0.6) is 11.5 Å². The summed E-state index contributed by atoms with van der Waals surface area (Å²) in [5, 5.41) is 4.56. The molecule has 2 atom stereocenters. The number of nitrogens with one attached hydrogen (secondary N) is 2. The lowest BCUT2D eigenvalue weighted by molar-refractivity contribution is -0.138. The molecule has 2 saturated heterocycles. The molecule has 54 heavy (non-hydrogen) atoms. The molecular formula is C40H34F2N4O8. The Balaban J connectivity index is 0.000000167. The maximum absolute atomic E-state index is 13.8. The minimum Gasteiger partial charge on any atom is -0.489 e. The van der Waals surface area contributed by atoms with Gasteiger partial charge in [0, 0.05) is 40.7 Å². The van der Waals surface area contributed by atoms with Crippen LogP contribution < -0.4 is 20.1 Å². The molecule has 14 heteroatoms. The highest BCUT2D eigenvalue weighted by Gasteiger charge is 2.41. The SMILES string of the molecule is O=C1CCC(N2Cc3c(OCc4cccc(F)c4)cccc3C2=O)C(=O)N1.O=C1CCC(N2Cc3c(OCc4ccccc4F)cccc3C2=O)C(=O)N1. The molecule has 4 aliphatic heterocycles. The summed E-state index contributed by atoms with van der Waals surface area (Å²) in [4.78, 5) is 75.4. The first kappa shape index (κ1) is 35.9. The van der Waals surface area contributed by atoms with E-state index in [0.29, 0.717) is 57.7 Å². The Hall–Kier alpha value is -6.44. The normalized spacial score (nSPS) is 19.1. The van der Waals surface area contributed by atoms with Crippen molar-refractivity contribution in [2.24, 2.45) is 0 Å². The predicted molar refractivity (Wildman–Crippen MR) is 186 cm³/mol. The Morgan fingerprint density at radius 2 is 1.13 bits per heavy atom. The molecule has 12 nitrogen and oxygen atoms in total. The van der Waals surface area contributed by atoms with Crippen molar-refractivity contribution >= 4 is 35.4 Å². The largest absolute Gasteiger partial charge is 0.489 e. The fourth-order valence-corrected chi connectivity index (χ4v) is 6.94. The lowest BCUT2D eigenvalue weighted by Gasteiger charge is -2.29. The third-order valence-electron chi connectivity index (χ3n) is 9.70. The smallest absolute Gasteiger partial charge is 0.255 e. The van der Waals surface area contributed by atoms with Gasteiger partial charge in [-0.15, -0.1) is 0 Å². The summed E-state index contributed by atoms with van der Waals surface area (Å²) in [6, 6.07) is 21.4. The molecule has 0 bridgehead atoms. The first-order chi connectivity index (χ1) is 26.1. The number of amides is 6. The van der Waals surface area contributed by atoms with Gasteiger partial charge in [-0.1, -0.05) is 42.5 Å². The van der Waals surface area contributed by atoms with Crippen molar-refractivity contribution < 1.29 is 47.0 Å². The van der Waals surface area contributed by atoms with Crippen LogP contribution in [-0.4, -0.2) is 57.3 Å². The Morgan fingerprint density at radius 1 is 0.611 bits per heavy atom. The minimum absolute atomic E-state index is 0.0374. The second kappa shape index (κ2) is 15.3. The van der Waals surface area contributed by atoms with E-state index in [0.717, 1.165) is 0 Å². The van der Waals surface area contributed by atoms with Crippen molar-refractivity contribution in [3.8, 4) is 11.5 Å². The second-order valence-corrected chi connectivity index (χ2v) is 13.2. The van der Waals surface area contributed by atoms with Gasteiger partial charge >= 0.3 is 0 Å². The highest BCUT2D eigenvalue weighted by molar-refractivity contribution is 6.06. The van der Waals surface area contributed by atoms with E-state index in [-0.39, 0.29) is 74.4 Å². The standard InChI is InChI=1S/2C20H17FN2O4/c21-13-4-1-3-12(9-13)11-27-17-6-2-5-14-15(17)10-23(20(14)26)16-7-8-18(24)22-19(16)25;21-15-6-2-1-4-12(15)11-27-17-7-3-5-13-14(17)10-23(20(13)26)16-8-9-18(24)22-19(16)25/h1-6,9,16H,7-8,10-11H2,(H,22,24,25);1-7,16H,8-11H2,(H,22,24,25). The molecule has 4 aliphatic rings. The van der Waals surface area contributed by atoms with Crippen LogP contribution in [0.3, 0.4) is 0 Å². The molecule has 276 valence electrons. The quantitative estimate of drug-likeness (QED) is 0.254. The fourth-order valence-electron chi connectivity index (χ4n) is 6.94. The number of nitrogens with zero attached hydrogens (tertiary/aromatic N) is 2. The van der Waals surface area contributed by atoms with E-state index < -0.39 is 23.9 Å². The van der Waals surface area contributed by atoms with Gasteiger partial charge in [-0.3, -0.25) is 39.4 Å². The zero-order chi connectivity index (χ0) is 37.9. The van der Waals surface area contributed by atoms with Gasteiger partial charge < -0.3 is 19.3 Å². The van der Waals surface area contributed by atoms with Crippen LogP contribution in [0.25, 0.3) is 0 Å². The van der Waals surface area contributed by atoms with Gasteiger partial charge in [0.15, 0.2) is 0 Å². The number of halogens is 2. The van der Waals surface area contributed by atoms with Gasteiger partial charge in [0.2, 0.25) is 23.6 Å². The van der Waals surface area contributed by atoms with Crippen molar-refractivity contribution in [1.82, 2.24) is 20.4 Å². The van der Waals surface area contributed by atoms with E-state index in [1.165, 1.54) is 28.0 Å². The maximum atomic E-state index is 13.8. The monoisotopic (exact) mass is 736 g/mol. The molecule has 4 aromatic carbocycles. The second-order valence-electron chi connectivity index (χ2n) is 13.2. The number of rotatable bonds is 8. The van der Waals surface area contributed by atoms with Crippen LogP contribution in [-0.2, 0) is 45.5 Å². The van der Waals surface area contributed by atoms with Gasteiger partial charge in [0.25, 0.3) is 11.8 Å². The summed E-state index contributed by atoms with van der Waals surface area (Å²) >= 11 is 0. The first-order valence-corrected chi connectivity index (χ1v) is 17.3. The lowest BCUT2D eigenvalue weighted by atomic mass is 10.0. The molecule has 4 aromatic rings. The Kier molecular flexibility index (Phi) is 10.2. The highest BCUT2D eigenvalue weighted by atomic mass is 19.1. The molecule has 4 heterocycles. The van der Waals surface area contributed by atoms with E-state index >= 15 is 0 Å². The Morgan fingerprint density at radius 3 is 1.65 bits per heavy atom. The van der Waals surface area contributed by atoms with Gasteiger partial charge in [0.05, 0.1) is 13.1 Å². The molecule has 0 radical (unpaired) electrons. The summed E-state index contributed by atoms with van der Waals surface area (Å²) in [6.07, 6.45) is 1.02. The summed E-state index contributed by atoms with van der Waals surface area (Å²) in [6.45, 7) is 0.657. The zero-order valence-corrected chi connectivity index (χ0v) is 28.8. The van der Waals surface area contributed by atoms with Gasteiger partial charge in [-0.2, -0.15) is 0 Å². The topological polar surface area (TPSA) is 151 Å². The van der Waals surface area contributed by atoms with Crippen molar-refractivity contribution in [3.63, 3.8) is 0 Å². The highest BCUT2D eigenvalue weighted by Crippen LogP contribution is 2.35. The molecule has 2 N–H and O–H groups in total. The number of hydrogen-bond acceptors (Lipinski definition) is 8. The van der Waals surface area contributed by atoms with Gasteiger partial charge in [-0.05, 0) is 60.9 Å². The van der Waals surface area contributed by atoms with Crippen molar-refractivity contribution in [1.29, 1.82) is 0 Å². The predicted octanol–water partition coefficient (Wildman–Crippen LogP) is 4.33. The third kappa shape index (κ3) is 7.40. The Bertz CT molecular complexity index is 2190. The molecule has 0 spiro atoms. The average Bonchev–Trinajstić information content (AvgIpc) is 3.67. The number of piperidine rings is 2. The van der Waals surface area contributed by atoms with Crippen molar-refractivity contribution in [3.05, 3.63) is 130 Å².